The molecule has 2 aliphatic rings. The van der Waals surface area contributed by atoms with E-state index in [0.29, 0.717) is 71.8 Å². The summed E-state index contributed by atoms with van der Waals surface area (Å²) in [5, 5.41) is 16.0. The summed E-state index contributed by atoms with van der Waals surface area (Å²) in [7, 11) is 1.79. The number of benzene rings is 1. The fourth-order valence-corrected chi connectivity index (χ4v) is 4.55. The smallest absolute Gasteiger partial charge is 0.249 e. The third kappa shape index (κ3) is 6.83. The number of nitrogens with two attached hydrogens (primary N) is 1. The van der Waals surface area contributed by atoms with Crippen LogP contribution in [0.15, 0.2) is 64.6 Å². The molecular weight excluding hydrogens is 506 g/mol. The number of aliphatic imine (C=N–C) groups is 1. The van der Waals surface area contributed by atoms with Crippen LogP contribution in [0, 0.1) is 6.92 Å². The fourth-order valence-electron chi connectivity index (χ4n) is 4.33. The molecule has 0 spiro atoms. The largest absolute Gasteiger partial charge is 0.454 e. The molecule has 5 N–H and O–H groups in total. The molecule has 0 atom stereocenters. The molecule has 0 radical (unpaired) electrons. The van der Waals surface area contributed by atoms with Crippen molar-refractivity contribution >= 4 is 29.0 Å². The van der Waals surface area contributed by atoms with E-state index in [0.717, 1.165) is 18.8 Å². The van der Waals surface area contributed by atoms with Gasteiger partial charge in [-0.3, -0.25) is 14.7 Å². The van der Waals surface area contributed by atoms with Crippen LogP contribution in [-0.2, 0) is 4.79 Å². The molecular formula is C27H34ClN7O3. The highest BCUT2D eigenvalue weighted by atomic mass is 35.5. The van der Waals surface area contributed by atoms with Crippen molar-refractivity contribution in [2.45, 2.75) is 13.3 Å². The molecule has 1 aromatic heterocycles. The van der Waals surface area contributed by atoms with Crippen LogP contribution in [0.2, 0.25) is 5.02 Å². The highest BCUT2D eigenvalue weighted by Gasteiger charge is 2.25. The predicted octanol–water partition coefficient (Wildman–Crippen LogP) is 2.31. The van der Waals surface area contributed by atoms with E-state index in [9.17, 15) is 9.90 Å². The molecule has 0 bridgehead atoms. The Morgan fingerprint density at radius 2 is 2.05 bits per heavy atom. The molecule has 0 saturated carbocycles. The standard InChI is InChI=1S/C27H34ClN7O3/c1-18-3-5-21(17-32-18)38-24-6-4-20(16-23(24)28)33-25(29)22-15-19(7-8-31-26(22)30-2)27(37)35-11-9-34(10-12-35)13-14-36/h3-6,15-17,30-31,36H,7-14H2,1-2H3,(H2,29,33). The summed E-state index contributed by atoms with van der Waals surface area (Å²) in [4.78, 5) is 26.2. The second-order valence-electron chi connectivity index (χ2n) is 9.09. The van der Waals surface area contributed by atoms with E-state index >= 15 is 0 Å². The molecule has 1 amide bonds. The molecule has 1 fully saturated rings. The third-order valence-electron chi connectivity index (χ3n) is 6.44. The van der Waals surface area contributed by atoms with Gasteiger partial charge in [0.25, 0.3) is 0 Å². The van der Waals surface area contributed by atoms with Crippen LogP contribution in [0.25, 0.3) is 0 Å². The van der Waals surface area contributed by atoms with Crippen LogP contribution in [0.5, 0.6) is 11.5 Å². The van der Waals surface area contributed by atoms with Crippen molar-refractivity contribution in [1.82, 2.24) is 25.4 Å². The summed E-state index contributed by atoms with van der Waals surface area (Å²) in [5.41, 5.74) is 9.18. The molecule has 1 aromatic carbocycles. The summed E-state index contributed by atoms with van der Waals surface area (Å²) in [6.07, 6.45) is 4.01. The highest BCUT2D eigenvalue weighted by molar-refractivity contribution is 6.32. The van der Waals surface area contributed by atoms with E-state index in [1.807, 2.05) is 30.0 Å². The molecule has 1 saturated heterocycles. The van der Waals surface area contributed by atoms with Gasteiger partial charge in [-0.1, -0.05) is 11.6 Å². The Kier molecular flexibility index (Phi) is 9.22. The number of aliphatic hydroxyl groups excluding tert-OH is 1. The third-order valence-corrected chi connectivity index (χ3v) is 6.73. The minimum Gasteiger partial charge on any atom is -0.454 e. The van der Waals surface area contributed by atoms with Crippen molar-refractivity contribution in [3.63, 3.8) is 0 Å². The van der Waals surface area contributed by atoms with Gasteiger partial charge in [-0.15, -0.1) is 0 Å². The normalized spacial score (nSPS) is 17.0. The van der Waals surface area contributed by atoms with Crippen molar-refractivity contribution in [3.8, 4) is 11.5 Å². The van der Waals surface area contributed by atoms with Gasteiger partial charge in [0.05, 0.1) is 29.1 Å². The number of rotatable bonds is 8. The van der Waals surface area contributed by atoms with Crippen molar-refractivity contribution in [2.75, 3.05) is 52.9 Å². The van der Waals surface area contributed by atoms with Crippen LogP contribution >= 0.6 is 11.6 Å². The quantitative estimate of drug-likeness (QED) is 0.297. The van der Waals surface area contributed by atoms with E-state index in [-0.39, 0.29) is 18.3 Å². The van der Waals surface area contributed by atoms with Crippen LogP contribution in [0.3, 0.4) is 0 Å². The lowest BCUT2D eigenvalue weighted by Gasteiger charge is -2.34. The Bertz CT molecular complexity index is 1240. The number of hydrogen-bond acceptors (Lipinski definition) is 8. The Labute approximate surface area is 227 Å². The summed E-state index contributed by atoms with van der Waals surface area (Å²) in [5.74, 6) is 1.99. The maximum atomic E-state index is 13.3. The molecule has 2 aliphatic heterocycles. The van der Waals surface area contributed by atoms with Crippen molar-refractivity contribution in [1.29, 1.82) is 0 Å². The number of nitrogens with one attached hydrogen (secondary N) is 2. The number of amides is 1. The van der Waals surface area contributed by atoms with Gasteiger partial charge in [-0.25, -0.2) is 4.99 Å². The lowest BCUT2D eigenvalue weighted by Crippen LogP contribution is -2.49. The van der Waals surface area contributed by atoms with Crippen molar-refractivity contribution < 1.29 is 14.6 Å². The number of aromatic nitrogens is 1. The number of aryl methyl sites for hydroxylation is 1. The number of carbonyl (C=O) groups is 1. The zero-order valence-corrected chi connectivity index (χ0v) is 22.5. The Balaban J connectivity index is 1.53. The molecule has 11 heteroatoms. The summed E-state index contributed by atoms with van der Waals surface area (Å²) < 4.78 is 5.84. The average Bonchev–Trinajstić information content (AvgIpc) is 3.14. The number of carbonyl (C=O) groups excluding carboxylic acids is 1. The molecule has 2 aromatic rings. The van der Waals surface area contributed by atoms with Gasteiger partial charge in [-0.2, -0.15) is 0 Å². The van der Waals surface area contributed by atoms with Crippen LogP contribution in [0.4, 0.5) is 5.69 Å². The van der Waals surface area contributed by atoms with Gasteiger partial charge in [-0.05, 0) is 49.8 Å². The van der Waals surface area contributed by atoms with Gasteiger partial charge in [0.15, 0.2) is 0 Å². The average molecular weight is 540 g/mol. The number of β-amino-alcohol motifs (C(OH)–C–C–N with tert-alkyl or cyclic N) is 1. The number of ether oxygens (including phenoxy) is 1. The van der Waals surface area contributed by atoms with E-state index in [1.54, 1.807) is 31.4 Å². The van der Waals surface area contributed by atoms with E-state index < -0.39 is 0 Å². The van der Waals surface area contributed by atoms with E-state index in [1.165, 1.54) is 0 Å². The molecule has 3 heterocycles. The lowest BCUT2D eigenvalue weighted by atomic mass is 10.1. The topological polar surface area (TPSA) is 128 Å². The monoisotopic (exact) mass is 539 g/mol. The number of nitrogens with zero attached hydrogens (tertiary/aromatic N) is 4. The minimum atomic E-state index is -0.00626. The van der Waals surface area contributed by atoms with Crippen LogP contribution in [-0.4, -0.2) is 84.6 Å². The summed E-state index contributed by atoms with van der Waals surface area (Å²) in [6.45, 7) is 5.96. The van der Waals surface area contributed by atoms with Gasteiger partial charge >= 0.3 is 0 Å². The Morgan fingerprint density at radius 1 is 1.26 bits per heavy atom. The Hall–Kier alpha value is -3.60. The number of hydrogen-bond donors (Lipinski definition) is 4. The lowest BCUT2D eigenvalue weighted by molar-refractivity contribution is -0.129. The fraction of sp³-hybridized carbons (Fsp3) is 0.370. The first kappa shape index (κ1) is 27.4. The maximum Gasteiger partial charge on any atom is 0.249 e. The molecule has 202 valence electrons. The number of halogens is 1. The minimum absolute atomic E-state index is 0.00626. The number of amidine groups is 1. The molecule has 4 rings (SSSR count). The molecule has 0 aliphatic carbocycles. The summed E-state index contributed by atoms with van der Waals surface area (Å²) in [6, 6.07) is 8.86. The maximum absolute atomic E-state index is 13.3. The molecule has 38 heavy (non-hydrogen) atoms. The SMILES string of the molecule is CNC1=C(C(N)=Nc2ccc(Oc3ccc(C)nc3)c(Cl)c2)C=C(C(=O)N2CCN(CCO)CC2)CCN1. The second kappa shape index (κ2) is 12.8. The van der Waals surface area contributed by atoms with E-state index in [4.69, 9.17) is 22.1 Å². The summed E-state index contributed by atoms with van der Waals surface area (Å²) >= 11 is 6.47. The van der Waals surface area contributed by atoms with Crippen molar-refractivity contribution in [3.05, 3.63) is 70.3 Å². The van der Waals surface area contributed by atoms with Gasteiger partial charge < -0.3 is 31.1 Å². The predicted molar refractivity (Wildman–Crippen MR) is 149 cm³/mol. The van der Waals surface area contributed by atoms with E-state index in [2.05, 4.69) is 25.5 Å². The Morgan fingerprint density at radius 3 is 2.71 bits per heavy atom. The zero-order chi connectivity index (χ0) is 27.1. The number of piperazine rings is 1. The highest BCUT2D eigenvalue weighted by Crippen LogP contribution is 2.32. The molecule has 10 nitrogen and oxygen atoms in total. The van der Waals surface area contributed by atoms with Crippen molar-refractivity contribution in [2.24, 2.45) is 10.7 Å². The zero-order valence-electron chi connectivity index (χ0n) is 21.7. The van der Waals surface area contributed by atoms with Gasteiger partial charge in [0.2, 0.25) is 5.91 Å². The second-order valence-corrected chi connectivity index (χ2v) is 9.50. The van der Waals surface area contributed by atoms with Gasteiger partial charge in [0.1, 0.15) is 23.2 Å². The first-order valence-electron chi connectivity index (χ1n) is 12.6. The number of pyridine rings is 1. The molecule has 0 unspecified atom stereocenters. The van der Waals surface area contributed by atoms with Crippen LogP contribution < -0.4 is 21.1 Å². The van der Waals surface area contributed by atoms with Crippen LogP contribution in [0.1, 0.15) is 12.1 Å². The first-order chi connectivity index (χ1) is 18.4. The number of aliphatic hydroxyl groups is 1. The van der Waals surface area contributed by atoms with Gasteiger partial charge in [0, 0.05) is 57.6 Å². The first-order valence-corrected chi connectivity index (χ1v) is 13.0.